The van der Waals surface area contributed by atoms with Gasteiger partial charge in [-0.15, -0.1) is 0 Å². The molecule has 0 bridgehead atoms. The summed E-state index contributed by atoms with van der Waals surface area (Å²) in [5.41, 5.74) is 0. The third-order valence-corrected chi connectivity index (χ3v) is 0. The first kappa shape index (κ1) is 23.6. The molecule has 0 unspecified atom stereocenters. The summed E-state index contributed by atoms with van der Waals surface area (Å²) in [6, 6.07) is 0. The zero-order valence-electron chi connectivity index (χ0n) is 7.28. The van der Waals surface area contributed by atoms with E-state index in [0.717, 1.165) is 0 Å². The second kappa shape index (κ2) is 9.46. The Morgan fingerprint density at radius 1 is 0.583 bits per heavy atom. The van der Waals surface area contributed by atoms with Crippen LogP contribution in [0.3, 0.4) is 0 Å². The molecule has 0 aliphatic carbocycles. The molecular weight excluding hydrogens is 251 g/mol. The summed E-state index contributed by atoms with van der Waals surface area (Å²) in [7, 11) is -9.22. The monoisotopic (exact) mass is 264 g/mol. The van der Waals surface area contributed by atoms with Gasteiger partial charge < -0.3 is 41.2 Å². The molecule has 0 heterocycles. The Morgan fingerprint density at radius 3 is 0.583 bits per heavy atom. The molecule has 0 aliphatic rings. The van der Waals surface area contributed by atoms with Crippen molar-refractivity contribution in [3.05, 3.63) is 0 Å². The standard InChI is InChI=1S/Al.Ca.2H4O4Si.5H/c;;2*1-5(2,3)4;;;;;/h;;2*1-4H;;;;;/q;+2;;;;;;2*-1. The Bertz CT molecular complexity index is 68.3. The van der Waals surface area contributed by atoms with Gasteiger partial charge in [0.05, 0.1) is 0 Å². The summed E-state index contributed by atoms with van der Waals surface area (Å²) in [5, 5.41) is 0. The second-order valence-electron chi connectivity index (χ2n) is 1.20. The minimum absolute atomic E-state index is 0. The van der Waals surface area contributed by atoms with E-state index in [1.54, 1.807) is 0 Å². The molecule has 0 aromatic rings. The van der Waals surface area contributed by atoms with E-state index in [0.29, 0.717) is 0 Å². The van der Waals surface area contributed by atoms with Gasteiger partial charge in [-0.2, -0.15) is 0 Å². The quantitative estimate of drug-likeness (QED) is 0.200. The first-order valence-corrected chi connectivity index (χ1v) is 5.37. The zero-order chi connectivity index (χ0) is 9.00. The summed E-state index contributed by atoms with van der Waals surface area (Å²) < 4.78 is 0. The number of hydrogen-bond donors (Lipinski definition) is 8. The average Bonchev–Trinajstić information content (AvgIpc) is 1.12. The van der Waals surface area contributed by atoms with Crippen LogP contribution in [0, 0.1) is 0 Å². The van der Waals surface area contributed by atoms with Crippen LogP contribution in [-0.4, -0.2) is 112 Å². The maximum atomic E-state index is 7.33. The molecule has 0 spiro atoms. The molecule has 0 aliphatic heterocycles. The number of rotatable bonds is 0. The molecule has 0 radical (unpaired) electrons. The van der Waals surface area contributed by atoms with E-state index in [9.17, 15) is 0 Å². The molecule has 8 N–H and O–H groups in total. The van der Waals surface area contributed by atoms with Crippen LogP contribution in [-0.2, 0) is 0 Å². The predicted molar refractivity (Wildman–Crippen MR) is 47.2 cm³/mol. The molecule has 0 aromatic heterocycles. The van der Waals surface area contributed by atoms with Crippen molar-refractivity contribution in [2.75, 3.05) is 0 Å². The summed E-state index contributed by atoms with van der Waals surface area (Å²) in [5.74, 6) is 0. The van der Waals surface area contributed by atoms with Crippen molar-refractivity contribution >= 4 is 73.2 Å². The van der Waals surface area contributed by atoms with E-state index in [2.05, 4.69) is 0 Å². The third-order valence-electron chi connectivity index (χ3n) is 0. The molecule has 0 aromatic carbocycles. The Kier molecular flexibility index (Phi) is 18.6. The second-order valence-corrected chi connectivity index (χ2v) is 3.60. The van der Waals surface area contributed by atoms with Crippen LogP contribution in [0.25, 0.3) is 0 Å². The van der Waals surface area contributed by atoms with Crippen LogP contribution >= 0.6 is 0 Å². The molecule has 0 saturated carbocycles. The van der Waals surface area contributed by atoms with Crippen LogP contribution in [0.5, 0.6) is 0 Å². The van der Waals surface area contributed by atoms with Gasteiger partial charge in [0.25, 0.3) is 0 Å². The van der Waals surface area contributed by atoms with Crippen LogP contribution in [0.1, 0.15) is 2.85 Å². The van der Waals surface area contributed by atoms with E-state index >= 15 is 0 Å². The van der Waals surface area contributed by atoms with Gasteiger partial charge >= 0.3 is 55.8 Å². The first-order chi connectivity index (χ1) is 4.00. The topological polar surface area (TPSA) is 162 Å². The van der Waals surface area contributed by atoms with Crippen molar-refractivity contribution < 1.29 is 41.2 Å². The van der Waals surface area contributed by atoms with E-state index < -0.39 is 18.1 Å². The van der Waals surface area contributed by atoms with Gasteiger partial charge in [-0.1, -0.05) is 0 Å². The van der Waals surface area contributed by atoms with Gasteiger partial charge in [0.2, 0.25) is 0 Å². The Morgan fingerprint density at radius 2 is 0.583 bits per heavy atom. The van der Waals surface area contributed by atoms with E-state index in [4.69, 9.17) is 38.4 Å². The molecule has 0 fully saturated rings. The van der Waals surface area contributed by atoms with Crippen LogP contribution in [0.4, 0.5) is 0 Å². The average molecular weight is 264 g/mol. The summed E-state index contributed by atoms with van der Waals surface area (Å²) in [6.45, 7) is 0. The van der Waals surface area contributed by atoms with Crippen LogP contribution in [0.15, 0.2) is 0 Å². The van der Waals surface area contributed by atoms with Crippen LogP contribution < -0.4 is 0 Å². The molecular formula is H13AlCaO8Si2. The van der Waals surface area contributed by atoms with Crippen LogP contribution in [0.2, 0.25) is 0 Å². The van der Waals surface area contributed by atoms with Gasteiger partial charge in [-0.05, 0) is 0 Å². The maximum absolute atomic E-state index is 7.33. The summed E-state index contributed by atoms with van der Waals surface area (Å²) >= 11 is 0. The van der Waals surface area contributed by atoms with Crippen molar-refractivity contribution in [2.45, 2.75) is 0 Å². The van der Waals surface area contributed by atoms with Crippen molar-refractivity contribution in [3.8, 4) is 0 Å². The first-order valence-electron chi connectivity index (χ1n) is 1.79. The molecule has 12 heteroatoms. The number of hydrogen-bond acceptors (Lipinski definition) is 8. The molecule has 12 heavy (non-hydrogen) atoms. The van der Waals surface area contributed by atoms with Gasteiger partial charge in [-0.25, -0.2) is 0 Å². The smallest absolute Gasteiger partial charge is 1.00 e. The van der Waals surface area contributed by atoms with Gasteiger partial charge in [0.1, 0.15) is 0 Å². The molecule has 8 nitrogen and oxygen atoms in total. The maximum Gasteiger partial charge on any atom is 2.00 e. The molecule has 0 amide bonds. The fraction of sp³-hybridized carbons (Fsp3) is 0. The zero-order valence-corrected chi connectivity index (χ0v) is 9.49. The summed E-state index contributed by atoms with van der Waals surface area (Å²) in [6.07, 6.45) is 0. The van der Waals surface area contributed by atoms with Gasteiger partial charge in [0, 0.05) is 0 Å². The predicted octanol–water partition coefficient (Wildman–Crippen LogP) is -6.56. The van der Waals surface area contributed by atoms with E-state index in [1.807, 2.05) is 0 Å². The minimum atomic E-state index is -4.61. The molecule has 0 atom stereocenters. The van der Waals surface area contributed by atoms with Gasteiger partial charge in [-0.3, -0.25) is 0 Å². The fourth-order valence-electron chi connectivity index (χ4n) is 0. The van der Waals surface area contributed by atoms with Gasteiger partial charge in [0.15, 0.2) is 17.4 Å². The normalized spacial score (nSPS) is 10.0. The third kappa shape index (κ3) is 390. The summed E-state index contributed by atoms with van der Waals surface area (Å²) in [4.78, 5) is 58.6. The molecule has 0 rings (SSSR count). The van der Waals surface area contributed by atoms with E-state index in [1.165, 1.54) is 0 Å². The Hall–Kier alpha value is 1.91. The fourth-order valence-corrected chi connectivity index (χ4v) is 0. The van der Waals surface area contributed by atoms with Crippen molar-refractivity contribution in [3.63, 3.8) is 0 Å². The van der Waals surface area contributed by atoms with Crippen molar-refractivity contribution in [2.24, 2.45) is 0 Å². The van der Waals surface area contributed by atoms with Crippen molar-refractivity contribution in [1.29, 1.82) is 0 Å². The van der Waals surface area contributed by atoms with E-state index in [-0.39, 0.29) is 58.0 Å². The minimum Gasteiger partial charge on any atom is -1.00 e. The largest absolute Gasteiger partial charge is 2.00 e. The Balaban J connectivity index is -0.0000000178. The molecule has 74 valence electrons. The Labute approximate surface area is 113 Å². The van der Waals surface area contributed by atoms with Crippen molar-refractivity contribution in [1.82, 2.24) is 0 Å². The molecule has 0 saturated heterocycles. The SMILES string of the molecule is O[Si](O)(O)O.O[Si](O)(O)O.[AlH3].[Ca+2].[H-].[H-].